The number of ether oxygens (including phenoxy) is 1. The molecule has 8 heteroatoms. The third kappa shape index (κ3) is 5.85. The molecule has 3 N–H and O–H groups in total. The van der Waals surface area contributed by atoms with E-state index in [9.17, 15) is 4.79 Å². The monoisotopic (exact) mass is 403 g/mol. The molecule has 1 saturated carbocycles. The van der Waals surface area contributed by atoms with Crippen molar-refractivity contribution in [3.8, 4) is 5.75 Å². The Bertz CT molecular complexity index is 655. The third-order valence-corrected chi connectivity index (χ3v) is 4.91. The number of carbonyl (C=O) groups is 1. The van der Waals surface area contributed by atoms with Crippen LogP contribution in [0.25, 0.3) is 0 Å². The van der Waals surface area contributed by atoms with Gasteiger partial charge in [-0.05, 0) is 37.4 Å². The second-order valence-electron chi connectivity index (χ2n) is 5.82. The van der Waals surface area contributed by atoms with Gasteiger partial charge in [0.1, 0.15) is 12.4 Å². The Hall–Kier alpha value is -1.34. The van der Waals surface area contributed by atoms with E-state index in [4.69, 9.17) is 10.5 Å². The number of halogens is 2. The maximum Gasteiger partial charge on any atom is 0.227 e. The molecule has 0 spiro atoms. The van der Waals surface area contributed by atoms with Gasteiger partial charge in [-0.3, -0.25) is 4.79 Å². The van der Waals surface area contributed by atoms with Gasteiger partial charge in [0.05, 0.1) is 11.2 Å². The molecule has 0 aliphatic heterocycles. The normalized spacial score (nSPS) is 18.8. The first-order valence-corrected chi connectivity index (χ1v) is 8.81. The van der Waals surface area contributed by atoms with Crippen molar-refractivity contribution in [1.29, 1.82) is 0 Å². The minimum Gasteiger partial charge on any atom is -0.487 e. The number of nitrogens with one attached hydrogen (secondary N) is 1. The molecule has 5 nitrogen and oxygen atoms in total. The van der Waals surface area contributed by atoms with Gasteiger partial charge in [-0.1, -0.05) is 12.5 Å². The lowest BCUT2D eigenvalue weighted by Crippen LogP contribution is -2.29. The second-order valence-corrected chi connectivity index (χ2v) is 6.54. The van der Waals surface area contributed by atoms with Crippen LogP contribution < -0.4 is 15.8 Å². The number of carbonyl (C=O) groups excluding carboxylic acids is 1. The SMILES string of the molecule is Cl.Cl.NC[C@H]1CCC[C@H]1C(=O)Nc1cccc(OCc2cscn2)c1. The summed E-state index contributed by atoms with van der Waals surface area (Å²) in [5.74, 6) is 1.12. The summed E-state index contributed by atoms with van der Waals surface area (Å²) in [7, 11) is 0. The number of anilines is 1. The first kappa shape index (κ1) is 21.7. The molecule has 2 atom stereocenters. The largest absolute Gasteiger partial charge is 0.487 e. The van der Waals surface area contributed by atoms with Crippen molar-refractivity contribution in [1.82, 2.24) is 4.98 Å². The van der Waals surface area contributed by atoms with E-state index >= 15 is 0 Å². The molecule has 1 amide bonds. The smallest absolute Gasteiger partial charge is 0.227 e. The molecule has 0 unspecified atom stereocenters. The summed E-state index contributed by atoms with van der Waals surface area (Å²) in [6, 6.07) is 7.47. The van der Waals surface area contributed by atoms with Crippen LogP contribution in [0.1, 0.15) is 25.0 Å². The highest BCUT2D eigenvalue weighted by atomic mass is 35.5. The Morgan fingerprint density at radius 1 is 1.36 bits per heavy atom. The number of hydrogen-bond donors (Lipinski definition) is 2. The molecule has 0 saturated heterocycles. The van der Waals surface area contributed by atoms with E-state index in [-0.39, 0.29) is 36.6 Å². The van der Waals surface area contributed by atoms with E-state index in [0.717, 1.165) is 36.4 Å². The maximum absolute atomic E-state index is 12.4. The molecule has 1 aliphatic carbocycles. The highest BCUT2D eigenvalue weighted by Crippen LogP contribution is 2.32. The zero-order valence-corrected chi connectivity index (χ0v) is 16.2. The Balaban J connectivity index is 0.00000156. The number of nitrogens with zero attached hydrogens (tertiary/aromatic N) is 1. The van der Waals surface area contributed by atoms with Crippen molar-refractivity contribution in [3.63, 3.8) is 0 Å². The lowest BCUT2D eigenvalue weighted by Gasteiger charge is -2.17. The molecular weight excluding hydrogens is 381 g/mol. The molecule has 1 aliphatic rings. The quantitative estimate of drug-likeness (QED) is 0.766. The molecular formula is C17H23Cl2N3O2S. The summed E-state index contributed by atoms with van der Waals surface area (Å²) < 4.78 is 5.71. The summed E-state index contributed by atoms with van der Waals surface area (Å²) in [5, 5.41) is 4.95. The molecule has 3 rings (SSSR count). The van der Waals surface area contributed by atoms with Crippen LogP contribution in [0, 0.1) is 11.8 Å². The van der Waals surface area contributed by atoms with Crippen molar-refractivity contribution < 1.29 is 9.53 Å². The van der Waals surface area contributed by atoms with Crippen molar-refractivity contribution >= 4 is 47.7 Å². The van der Waals surface area contributed by atoms with Gasteiger partial charge in [0, 0.05) is 23.1 Å². The number of hydrogen-bond acceptors (Lipinski definition) is 5. The average molecular weight is 404 g/mol. The predicted octanol–water partition coefficient (Wildman–Crippen LogP) is 3.88. The van der Waals surface area contributed by atoms with Crippen molar-refractivity contribution in [2.45, 2.75) is 25.9 Å². The van der Waals surface area contributed by atoms with Crippen LogP contribution in [0.3, 0.4) is 0 Å². The van der Waals surface area contributed by atoms with E-state index in [1.165, 1.54) is 0 Å². The predicted molar refractivity (Wildman–Crippen MR) is 106 cm³/mol. The van der Waals surface area contributed by atoms with Crippen LogP contribution in [-0.4, -0.2) is 17.4 Å². The number of amides is 1. The van der Waals surface area contributed by atoms with E-state index < -0.39 is 0 Å². The van der Waals surface area contributed by atoms with Crippen LogP contribution in [-0.2, 0) is 11.4 Å². The summed E-state index contributed by atoms with van der Waals surface area (Å²) >= 11 is 1.54. The van der Waals surface area contributed by atoms with Crippen LogP contribution in [0.2, 0.25) is 0 Å². The van der Waals surface area contributed by atoms with Crippen molar-refractivity contribution in [2.24, 2.45) is 17.6 Å². The molecule has 1 heterocycles. The highest BCUT2D eigenvalue weighted by molar-refractivity contribution is 7.07. The minimum atomic E-state index is 0. The number of nitrogens with two attached hydrogens (primary N) is 1. The lowest BCUT2D eigenvalue weighted by atomic mass is 9.95. The summed E-state index contributed by atoms with van der Waals surface area (Å²) in [4.78, 5) is 16.6. The van der Waals surface area contributed by atoms with Crippen molar-refractivity contribution in [2.75, 3.05) is 11.9 Å². The van der Waals surface area contributed by atoms with Gasteiger partial charge in [-0.2, -0.15) is 0 Å². The Morgan fingerprint density at radius 3 is 2.92 bits per heavy atom. The van der Waals surface area contributed by atoms with Gasteiger partial charge >= 0.3 is 0 Å². The molecule has 0 bridgehead atoms. The maximum atomic E-state index is 12.4. The Morgan fingerprint density at radius 2 is 2.20 bits per heavy atom. The summed E-state index contributed by atoms with van der Waals surface area (Å²) in [6.45, 7) is 1.01. The zero-order valence-electron chi connectivity index (χ0n) is 13.7. The summed E-state index contributed by atoms with van der Waals surface area (Å²) in [6.07, 6.45) is 3.05. The van der Waals surface area contributed by atoms with Gasteiger partial charge in [-0.25, -0.2) is 4.98 Å². The molecule has 2 aromatic rings. The Kier molecular flexibility index (Phi) is 9.21. The topological polar surface area (TPSA) is 77.2 Å². The molecule has 1 aromatic heterocycles. The van der Waals surface area contributed by atoms with Crippen LogP contribution in [0.4, 0.5) is 5.69 Å². The fraction of sp³-hybridized carbons (Fsp3) is 0.412. The van der Waals surface area contributed by atoms with Gasteiger partial charge < -0.3 is 15.8 Å². The molecule has 25 heavy (non-hydrogen) atoms. The molecule has 0 radical (unpaired) electrons. The fourth-order valence-corrected chi connectivity index (χ4v) is 3.57. The molecule has 1 fully saturated rings. The second kappa shape index (κ2) is 10.6. The average Bonchev–Trinajstić information content (AvgIpc) is 3.24. The standard InChI is InChI=1S/C17H21N3O2S.2ClH/c18-8-12-3-1-6-16(12)17(21)20-13-4-2-5-15(7-13)22-9-14-10-23-11-19-14;;/h2,4-5,7,10-12,16H,1,3,6,8-9,18H2,(H,20,21);2*1H/t12-,16-;;/m1../s1. The summed E-state index contributed by atoms with van der Waals surface area (Å²) in [5.41, 5.74) is 9.20. The lowest BCUT2D eigenvalue weighted by molar-refractivity contribution is -0.120. The molecule has 1 aromatic carbocycles. The molecule has 138 valence electrons. The first-order chi connectivity index (χ1) is 11.3. The van der Waals surface area contributed by atoms with Gasteiger partial charge in [0.25, 0.3) is 0 Å². The third-order valence-electron chi connectivity index (χ3n) is 4.27. The van der Waals surface area contributed by atoms with Gasteiger partial charge in [0.2, 0.25) is 5.91 Å². The number of rotatable bonds is 6. The van der Waals surface area contributed by atoms with Crippen LogP contribution >= 0.6 is 36.2 Å². The highest BCUT2D eigenvalue weighted by Gasteiger charge is 2.31. The van der Waals surface area contributed by atoms with E-state index in [1.54, 1.807) is 16.8 Å². The zero-order chi connectivity index (χ0) is 16.1. The fourth-order valence-electron chi connectivity index (χ4n) is 3.03. The minimum absolute atomic E-state index is 0. The number of aromatic nitrogens is 1. The van der Waals surface area contributed by atoms with Gasteiger partial charge in [0.15, 0.2) is 0 Å². The van der Waals surface area contributed by atoms with E-state index in [2.05, 4.69) is 10.3 Å². The van der Waals surface area contributed by atoms with E-state index in [0.29, 0.717) is 19.1 Å². The first-order valence-electron chi connectivity index (χ1n) is 7.87. The van der Waals surface area contributed by atoms with Crippen LogP contribution in [0.15, 0.2) is 35.2 Å². The van der Waals surface area contributed by atoms with E-state index in [1.807, 2.05) is 29.6 Å². The number of thiazole rings is 1. The van der Waals surface area contributed by atoms with Crippen molar-refractivity contribution in [3.05, 3.63) is 40.8 Å². The van der Waals surface area contributed by atoms with Gasteiger partial charge in [-0.15, -0.1) is 36.2 Å². The Labute approximate surface area is 164 Å². The number of benzene rings is 1. The van der Waals surface area contributed by atoms with Crippen LogP contribution in [0.5, 0.6) is 5.75 Å².